The molecule has 0 fully saturated rings. The number of hydrogen-bond donors (Lipinski definition) is 0. The van der Waals surface area contributed by atoms with Gasteiger partial charge in [0, 0.05) is 16.7 Å². The van der Waals surface area contributed by atoms with Gasteiger partial charge in [0.1, 0.15) is 17.2 Å². The van der Waals surface area contributed by atoms with E-state index in [-0.39, 0.29) is 16.2 Å². The van der Waals surface area contributed by atoms with Gasteiger partial charge in [-0.25, -0.2) is 0 Å². The molecule has 0 unspecified atom stereocenters. The molecular weight excluding hydrogens is 692 g/mol. The predicted octanol–water partition coefficient (Wildman–Crippen LogP) is 15.3. The van der Waals surface area contributed by atoms with Gasteiger partial charge in [0.15, 0.2) is 0 Å². The molecule has 3 nitrogen and oxygen atoms in total. The summed E-state index contributed by atoms with van der Waals surface area (Å²) in [5.41, 5.74) is 13.3. The maximum Gasteiger partial charge on any atom is 0.530 e. The van der Waals surface area contributed by atoms with Crippen LogP contribution in [0.25, 0.3) is 33.4 Å². The highest BCUT2D eigenvalue weighted by molar-refractivity contribution is 7.43. The van der Waals surface area contributed by atoms with Gasteiger partial charge in [0.05, 0.1) is 0 Å². The summed E-state index contributed by atoms with van der Waals surface area (Å²) in [6, 6.07) is 45.3. The Labute approximate surface area is 331 Å². The van der Waals surface area contributed by atoms with E-state index in [0.29, 0.717) is 17.2 Å². The molecule has 6 aromatic rings. The fourth-order valence-corrected chi connectivity index (χ4v) is 7.63. The minimum absolute atomic E-state index is 0.00169. The van der Waals surface area contributed by atoms with E-state index in [1.165, 1.54) is 16.7 Å². The van der Waals surface area contributed by atoms with Gasteiger partial charge < -0.3 is 13.6 Å². The third-order valence-corrected chi connectivity index (χ3v) is 11.1. The van der Waals surface area contributed by atoms with E-state index >= 15 is 0 Å². The van der Waals surface area contributed by atoms with Crippen molar-refractivity contribution >= 4 is 8.60 Å². The lowest BCUT2D eigenvalue weighted by molar-refractivity contribution is 0.389. The molecule has 0 aromatic heterocycles. The molecule has 284 valence electrons. The van der Waals surface area contributed by atoms with Crippen LogP contribution in [0.3, 0.4) is 0 Å². The van der Waals surface area contributed by atoms with Crippen molar-refractivity contribution in [3.05, 3.63) is 161 Å². The number of rotatable bonds is 9. The Morgan fingerprint density at radius 2 is 0.618 bits per heavy atom. The summed E-state index contributed by atoms with van der Waals surface area (Å²) >= 11 is 0. The van der Waals surface area contributed by atoms with E-state index < -0.39 is 8.60 Å². The SMILES string of the molecule is Cc1ccc(-c2cccc(C(C)(C)C)c2)c(OP(Oc2cc(C)ccc2-c2cccc(C(C)(C)C)c2)Oc2cc(C)ccc2-c2cccc(C(C)(C)C)c2)c1. The van der Waals surface area contributed by atoms with E-state index in [0.717, 1.165) is 50.1 Å². The number of aryl methyl sites for hydroxylation is 3. The lowest BCUT2D eigenvalue weighted by Gasteiger charge is -2.24. The van der Waals surface area contributed by atoms with Crippen molar-refractivity contribution in [2.45, 2.75) is 99.3 Å². The molecule has 55 heavy (non-hydrogen) atoms. The molecule has 0 saturated heterocycles. The van der Waals surface area contributed by atoms with E-state index in [4.69, 9.17) is 13.6 Å². The minimum Gasteiger partial charge on any atom is -0.408 e. The zero-order valence-corrected chi connectivity index (χ0v) is 35.7. The average molecular weight is 749 g/mol. The first-order chi connectivity index (χ1) is 25.8. The average Bonchev–Trinajstić information content (AvgIpc) is 3.11. The first-order valence-electron chi connectivity index (χ1n) is 19.3. The molecular formula is C51H57O3P. The van der Waals surface area contributed by atoms with Gasteiger partial charge in [-0.05, 0) is 105 Å². The molecule has 0 saturated carbocycles. The molecule has 0 amide bonds. The maximum atomic E-state index is 7.05. The summed E-state index contributed by atoms with van der Waals surface area (Å²) in [6.45, 7) is 26.5. The fourth-order valence-electron chi connectivity index (χ4n) is 6.59. The van der Waals surface area contributed by atoms with Crippen molar-refractivity contribution in [1.82, 2.24) is 0 Å². The molecule has 4 heteroatoms. The Morgan fingerprint density at radius 3 is 0.873 bits per heavy atom. The highest BCUT2D eigenvalue weighted by Gasteiger charge is 2.27. The molecule has 0 N–H and O–H groups in total. The van der Waals surface area contributed by atoms with Crippen LogP contribution in [0, 0.1) is 20.8 Å². The van der Waals surface area contributed by atoms with Crippen molar-refractivity contribution in [3.63, 3.8) is 0 Å². The Hall–Kier alpha value is -4.85. The Balaban J connectivity index is 1.50. The second kappa shape index (κ2) is 15.7. The number of hydrogen-bond acceptors (Lipinski definition) is 3. The van der Waals surface area contributed by atoms with Crippen molar-refractivity contribution in [3.8, 4) is 50.6 Å². The highest BCUT2D eigenvalue weighted by Crippen LogP contribution is 2.50. The van der Waals surface area contributed by atoms with Crippen LogP contribution >= 0.6 is 8.60 Å². The zero-order valence-electron chi connectivity index (χ0n) is 34.8. The standard InChI is InChI=1S/C51H57O3P/c1-34-22-25-43(37-16-13-19-40(31-37)49(4,5)6)46(28-34)52-55(53-47-29-35(2)23-26-44(47)38-17-14-20-41(32-38)50(7,8)9)54-48-30-36(3)24-27-45(48)39-18-15-21-42(33-39)51(10,11)12/h13-33H,1-12H3. The molecule has 0 spiro atoms. The molecule has 6 rings (SSSR count). The van der Waals surface area contributed by atoms with Crippen LogP contribution in [-0.2, 0) is 16.2 Å². The smallest absolute Gasteiger partial charge is 0.408 e. The van der Waals surface area contributed by atoms with Crippen LogP contribution in [0.15, 0.2) is 127 Å². The normalized spacial score (nSPS) is 12.2. The molecule has 0 aliphatic rings. The van der Waals surface area contributed by atoms with Crippen LogP contribution in [0.4, 0.5) is 0 Å². The van der Waals surface area contributed by atoms with E-state index in [1.807, 2.05) is 0 Å². The van der Waals surface area contributed by atoms with Crippen molar-refractivity contribution in [2.75, 3.05) is 0 Å². The van der Waals surface area contributed by atoms with E-state index in [1.54, 1.807) is 0 Å². The quantitative estimate of drug-likeness (QED) is 0.138. The van der Waals surface area contributed by atoms with Gasteiger partial charge in [-0.15, -0.1) is 0 Å². The van der Waals surface area contributed by atoms with Crippen LogP contribution < -0.4 is 13.6 Å². The van der Waals surface area contributed by atoms with Crippen molar-refractivity contribution in [1.29, 1.82) is 0 Å². The molecule has 0 heterocycles. The minimum atomic E-state index is -2.04. The monoisotopic (exact) mass is 748 g/mol. The zero-order chi connectivity index (χ0) is 39.7. The molecule has 6 aromatic carbocycles. The third-order valence-electron chi connectivity index (χ3n) is 10.0. The first-order valence-corrected chi connectivity index (χ1v) is 20.4. The van der Waals surface area contributed by atoms with Gasteiger partial charge in [-0.2, -0.15) is 0 Å². The summed E-state index contributed by atoms with van der Waals surface area (Å²) in [5.74, 6) is 2.14. The Kier molecular flexibility index (Phi) is 11.4. The van der Waals surface area contributed by atoms with Gasteiger partial charge in [0.25, 0.3) is 0 Å². The second-order valence-corrected chi connectivity index (χ2v) is 19.0. The van der Waals surface area contributed by atoms with E-state index in [9.17, 15) is 0 Å². The Morgan fingerprint density at radius 1 is 0.345 bits per heavy atom. The lowest BCUT2D eigenvalue weighted by Crippen LogP contribution is -2.11. The summed E-state index contributed by atoms with van der Waals surface area (Å²) < 4.78 is 21.2. The second-order valence-electron chi connectivity index (χ2n) is 18.0. The molecule has 0 aliphatic heterocycles. The van der Waals surface area contributed by atoms with Crippen LogP contribution in [0.5, 0.6) is 17.2 Å². The lowest BCUT2D eigenvalue weighted by atomic mass is 9.85. The molecule has 0 radical (unpaired) electrons. The molecule has 0 atom stereocenters. The van der Waals surface area contributed by atoms with Crippen LogP contribution in [-0.4, -0.2) is 0 Å². The molecule has 0 aliphatic carbocycles. The number of benzene rings is 6. The summed E-state index contributed by atoms with van der Waals surface area (Å²) in [5, 5.41) is 0. The van der Waals surface area contributed by atoms with Crippen molar-refractivity contribution < 1.29 is 13.6 Å². The summed E-state index contributed by atoms with van der Waals surface area (Å²) in [4.78, 5) is 0. The first kappa shape index (κ1) is 39.8. The van der Waals surface area contributed by atoms with E-state index in [2.05, 4.69) is 210 Å². The van der Waals surface area contributed by atoms with Gasteiger partial charge in [0.2, 0.25) is 0 Å². The van der Waals surface area contributed by atoms with Crippen LogP contribution in [0.1, 0.15) is 95.7 Å². The topological polar surface area (TPSA) is 27.7 Å². The Bertz CT molecular complexity index is 2040. The fraction of sp³-hybridized carbons (Fsp3) is 0.294. The van der Waals surface area contributed by atoms with Crippen LogP contribution in [0.2, 0.25) is 0 Å². The summed E-state index contributed by atoms with van der Waals surface area (Å²) in [6.07, 6.45) is 0. The third kappa shape index (κ3) is 9.70. The van der Waals surface area contributed by atoms with Crippen molar-refractivity contribution in [2.24, 2.45) is 0 Å². The summed E-state index contributed by atoms with van der Waals surface area (Å²) in [7, 11) is -2.04. The van der Waals surface area contributed by atoms with Gasteiger partial charge >= 0.3 is 8.60 Å². The molecule has 0 bridgehead atoms. The van der Waals surface area contributed by atoms with Gasteiger partial charge in [-0.1, -0.05) is 172 Å². The predicted molar refractivity (Wildman–Crippen MR) is 235 cm³/mol. The largest absolute Gasteiger partial charge is 0.530 e. The highest BCUT2D eigenvalue weighted by atomic mass is 31.2. The maximum absolute atomic E-state index is 7.05. The van der Waals surface area contributed by atoms with Gasteiger partial charge in [-0.3, -0.25) is 0 Å².